The van der Waals surface area contributed by atoms with E-state index < -0.39 is 0 Å². The van der Waals surface area contributed by atoms with Crippen molar-refractivity contribution in [3.63, 3.8) is 0 Å². The molecule has 1 fully saturated rings. The van der Waals surface area contributed by atoms with Crippen LogP contribution in [0.1, 0.15) is 33.6 Å². The third-order valence-electron chi connectivity index (χ3n) is 2.60. The highest BCUT2D eigenvalue weighted by Gasteiger charge is 2.23. The maximum absolute atomic E-state index is 11.4. The van der Waals surface area contributed by atoms with Crippen LogP contribution >= 0.6 is 0 Å². The van der Waals surface area contributed by atoms with E-state index >= 15 is 0 Å². The summed E-state index contributed by atoms with van der Waals surface area (Å²) >= 11 is 0. The van der Waals surface area contributed by atoms with E-state index in [0.29, 0.717) is 0 Å². The summed E-state index contributed by atoms with van der Waals surface area (Å²) in [5.74, 6) is 0. The lowest BCUT2D eigenvalue weighted by Gasteiger charge is -2.24. The van der Waals surface area contributed by atoms with Gasteiger partial charge in [0.25, 0.3) is 0 Å². The predicted octanol–water partition coefficient (Wildman–Crippen LogP) is 1.26. The van der Waals surface area contributed by atoms with Gasteiger partial charge < -0.3 is 15.4 Å². The second-order valence-electron chi connectivity index (χ2n) is 4.34. The summed E-state index contributed by atoms with van der Waals surface area (Å²) < 4.78 is 5.27. The van der Waals surface area contributed by atoms with Crippen LogP contribution in [-0.4, -0.2) is 30.8 Å². The van der Waals surface area contributed by atoms with E-state index in [4.69, 9.17) is 4.74 Å². The first kappa shape index (κ1) is 11.3. The summed E-state index contributed by atoms with van der Waals surface area (Å²) in [6.07, 6.45) is 1.51. The molecule has 4 nitrogen and oxygen atoms in total. The Morgan fingerprint density at radius 2 is 2.36 bits per heavy atom. The second-order valence-corrected chi connectivity index (χ2v) is 4.34. The molecule has 1 rings (SSSR count). The van der Waals surface area contributed by atoms with E-state index in [1.165, 1.54) is 0 Å². The lowest BCUT2D eigenvalue weighted by Crippen LogP contribution is -2.40. The van der Waals surface area contributed by atoms with E-state index in [0.717, 1.165) is 25.9 Å². The number of nitrogens with one attached hydrogen (secondary N) is 2. The molecule has 0 bridgehead atoms. The van der Waals surface area contributed by atoms with Gasteiger partial charge in [0.2, 0.25) is 0 Å². The number of alkyl carbamates (subject to hydrolysis) is 1. The lowest BCUT2D eigenvalue weighted by molar-refractivity contribution is 0.0347. The van der Waals surface area contributed by atoms with E-state index in [-0.39, 0.29) is 17.7 Å². The minimum atomic E-state index is -0.365. The number of carbonyl (C=O) groups is 1. The zero-order chi connectivity index (χ0) is 10.6. The quantitative estimate of drug-likeness (QED) is 0.721. The fourth-order valence-corrected chi connectivity index (χ4v) is 1.30. The Kier molecular flexibility index (Phi) is 3.75. The molecule has 0 aromatic carbocycles. The number of amides is 1. The van der Waals surface area contributed by atoms with Crippen LogP contribution in [0, 0.1) is 0 Å². The Morgan fingerprint density at radius 1 is 1.64 bits per heavy atom. The third-order valence-corrected chi connectivity index (χ3v) is 2.60. The van der Waals surface area contributed by atoms with Crippen LogP contribution in [-0.2, 0) is 4.74 Å². The molecular formula is C10H20N2O2. The molecule has 14 heavy (non-hydrogen) atoms. The number of carbonyl (C=O) groups excluding carboxylic acids is 1. The van der Waals surface area contributed by atoms with Crippen molar-refractivity contribution < 1.29 is 9.53 Å². The van der Waals surface area contributed by atoms with Crippen molar-refractivity contribution in [3.05, 3.63) is 0 Å². The summed E-state index contributed by atoms with van der Waals surface area (Å²) in [6, 6.07) is 0.232. The fraction of sp³-hybridized carbons (Fsp3) is 0.900. The van der Waals surface area contributed by atoms with Crippen LogP contribution in [0.3, 0.4) is 0 Å². The molecule has 2 N–H and O–H groups in total. The summed E-state index contributed by atoms with van der Waals surface area (Å²) in [5.41, 5.74) is -0.365. The maximum atomic E-state index is 11.4. The zero-order valence-corrected chi connectivity index (χ0v) is 9.22. The Hall–Kier alpha value is -0.770. The molecule has 1 amide bonds. The molecule has 1 aliphatic rings. The van der Waals surface area contributed by atoms with Crippen molar-refractivity contribution in [1.82, 2.24) is 10.6 Å². The standard InChI is InChI=1S/C10H20N2O2/c1-4-10(2,3)14-9(13)12-8-5-6-11-7-8/h8,11H,4-7H2,1-3H3,(H,12,13). The Bertz CT molecular complexity index is 198. The van der Waals surface area contributed by atoms with Gasteiger partial charge >= 0.3 is 6.09 Å². The van der Waals surface area contributed by atoms with Crippen molar-refractivity contribution >= 4 is 6.09 Å². The number of hydrogen-bond donors (Lipinski definition) is 2. The van der Waals surface area contributed by atoms with Crippen LogP contribution < -0.4 is 10.6 Å². The monoisotopic (exact) mass is 200 g/mol. The van der Waals surface area contributed by atoms with Crippen LogP contribution in [0.5, 0.6) is 0 Å². The highest BCUT2D eigenvalue weighted by molar-refractivity contribution is 5.68. The van der Waals surface area contributed by atoms with Gasteiger partial charge in [-0.3, -0.25) is 0 Å². The molecule has 0 aromatic rings. The van der Waals surface area contributed by atoms with E-state index in [1.807, 2.05) is 20.8 Å². The van der Waals surface area contributed by atoms with Crippen LogP contribution in [0.2, 0.25) is 0 Å². The molecule has 1 aliphatic heterocycles. The van der Waals surface area contributed by atoms with Crippen molar-refractivity contribution in [3.8, 4) is 0 Å². The zero-order valence-electron chi connectivity index (χ0n) is 9.22. The van der Waals surface area contributed by atoms with Crippen molar-refractivity contribution in [1.29, 1.82) is 0 Å². The minimum Gasteiger partial charge on any atom is -0.444 e. The van der Waals surface area contributed by atoms with Crippen molar-refractivity contribution in [2.45, 2.75) is 45.3 Å². The van der Waals surface area contributed by atoms with Gasteiger partial charge in [-0.2, -0.15) is 0 Å². The van der Waals surface area contributed by atoms with E-state index in [1.54, 1.807) is 0 Å². The highest BCUT2D eigenvalue weighted by Crippen LogP contribution is 2.13. The molecule has 0 aliphatic carbocycles. The topological polar surface area (TPSA) is 50.4 Å². The van der Waals surface area contributed by atoms with Crippen LogP contribution in [0.4, 0.5) is 4.79 Å². The molecule has 0 spiro atoms. The molecule has 0 radical (unpaired) electrons. The lowest BCUT2D eigenvalue weighted by atomic mass is 10.1. The molecule has 4 heteroatoms. The molecule has 1 saturated heterocycles. The van der Waals surface area contributed by atoms with Crippen LogP contribution in [0.15, 0.2) is 0 Å². The predicted molar refractivity (Wildman–Crippen MR) is 55.3 cm³/mol. The van der Waals surface area contributed by atoms with Gasteiger partial charge in [0.15, 0.2) is 0 Å². The summed E-state index contributed by atoms with van der Waals surface area (Å²) in [6.45, 7) is 7.66. The molecule has 1 atom stereocenters. The van der Waals surface area contributed by atoms with Crippen LogP contribution in [0.25, 0.3) is 0 Å². The van der Waals surface area contributed by atoms with Gasteiger partial charge in [-0.25, -0.2) is 4.79 Å². The minimum absolute atomic E-state index is 0.232. The maximum Gasteiger partial charge on any atom is 0.407 e. The normalized spacial score (nSPS) is 22.1. The molecule has 1 unspecified atom stereocenters. The fourth-order valence-electron chi connectivity index (χ4n) is 1.30. The van der Waals surface area contributed by atoms with Gasteiger partial charge in [-0.15, -0.1) is 0 Å². The highest BCUT2D eigenvalue weighted by atomic mass is 16.6. The Morgan fingerprint density at radius 3 is 2.86 bits per heavy atom. The number of ether oxygens (including phenoxy) is 1. The Labute approximate surface area is 85.4 Å². The first-order valence-corrected chi connectivity index (χ1v) is 5.24. The number of hydrogen-bond acceptors (Lipinski definition) is 3. The van der Waals surface area contributed by atoms with E-state index in [9.17, 15) is 4.79 Å². The smallest absolute Gasteiger partial charge is 0.407 e. The van der Waals surface area contributed by atoms with Gasteiger partial charge in [0.05, 0.1) is 0 Å². The SMILES string of the molecule is CCC(C)(C)OC(=O)NC1CCNC1. The average molecular weight is 200 g/mol. The van der Waals surface area contributed by atoms with E-state index in [2.05, 4.69) is 10.6 Å². The molecule has 0 aromatic heterocycles. The van der Waals surface area contributed by atoms with Gasteiger partial charge in [0, 0.05) is 12.6 Å². The molecule has 82 valence electrons. The van der Waals surface area contributed by atoms with Gasteiger partial charge in [-0.05, 0) is 33.2 Å². The van der Waals surface area contributed by atoms with Gasteiger partial charge in [0.1, 0.15) is 5.60 Å². The van der Waals surface area contributed by atoms with Gasteiger partial charge in [-0.1, -0.05) is 6.92 Å². The summed E-state index contributed by atoms with van der Waals surface area (Å²) in [5, 5.41) is 6.03. The summed E-state index contributed by atoms with van der Waals surface area (Å²) in [4.78, 5) is 11.4. The average Bonchev–Trinajstić information content (AvgIpc) is 2.55. The Balaban J connectivity index is 2.27. The van der Waals surface area contributed by atoms with Crippen molar-refractivity contribution in [2.24, 2.45) is 0 Å². The largest absolute Gasteiger partial charge is 0.444 e. The first-order valence-electron chi connectivity index (χ1n) is 5.24. The van der Waals surface area contributed by atoms with Crippen molar-refractivity contribution in [2.75, 3.05) is 13.1 Å². The second kappa shape index (κ2) is 4.64. The first-order chi connectivity index (χ1) is 6.53. The third kappa shape index (κ3) is 3.54. The molecular weight excluding hydrogens is 180 g/mol. The molecule has 0 saturated carbocycles. The molecule has 1 heterocycles. The summed E-state index contributed by atoms with van der Waals surface area (Å²) in [7, 11) is 0. The number of rotatable bonds is 3.